The number of likely N-dealkylation sites (tertiary alicyclic amines) is 1. The average Bonchev–Trinajstić information content (AvgIpc) is 3.45. The first-order valence-corrected chi connectivity index (χ1v) is 14.5. The minimum absolute atomic E-state index is 0.257. The number of nitrogens with one attached hydrogen (secondary N) is 2. The molecule has 3 N–H and O–H groups in total. The van der Waals surface area contributed by atoms with Crippen LogP contribution < -0.4 is 20.1 Å². The fraction of sp³-hybridized carbons (Fsp3) is 0.312. The van der Waals surface area contributed by atoms with Crippen LogP contribution in [-0.4, -0.2) is 77.5 Å². The minimum Gasteiger partial charge on any atom is -0.487 e. The van der Waals surface area contributed by atoms with E-state index in [2.05, 4.69) is 15.6 Å². The van der Waals surface area contributed by atoms with E-state index < -0.39 is 6.09 Å². The van der Waals surface area contributed by atoms with Crippen molar-refractivity contribution in [1.82, 2.24) is 19.8 Å². The van der Waals surface area contributed by atoms with Crippen LogP contribution >= 0.6 is 0 Å². The van der Waals surface area contributed by atoms with Gasteiger partial charge in [-0.3, -0.25) is 9.36 Å². The summed E-state index contributed by atoms with van der Waals surface area (Å²) in [5.41, 5.74) is 2.21. The fourth-order valence-electron chi connectivity index (χ4n) is 5.16. The van der Waals surface area contributed by atoms with Gasteiger partial charge in [-0.2, -0.15) is 0 Å². The van der Waals surface area contributed by atoms with Crippen LogP contribution in [0.3, 0.4) is 0 Å². The molecule has 230 valence electrons. The maximum Gasteiger partial charge on any atom is 0.407 e. The minimum atomic E-state index is -0.886. The molecule has 4 aromatic rings. The number of hydrogen-bond donors (Lipinski definition) is 3. The van der Waals surface area contributed by atoms with Crippen molar-refractivity contribution < 1.29 is 33.7 Å². The fourth-order valence-corrected chi connectivity index (χ4v) is 5.16. The summed E-state index contributed by atoms with van der Waals surface area (Å²) in [6.45, 7) is 4.15. The molecule has 0 atom stereocenters. The number of fused-ring (bicyclic) bond motifs is 1. The summed E-state index contributed by atoms with van der Waals surface area (Å²) in [6.07, 6.45) is 3.82. The highest BCUT2D eigenvalue weighted by molar-refractivity contribution is 6.03. The summed E-state index contributed by atoms with van der Waals surface area (Å²) in [5.74, 6) is 1.53. The highest BCUT2D eigenvalue weighted by Gasteiger charge is 2.23. The molecule has 1 aliphatic heterocycles. The van der Waals surface area contributed by atoms with E-state index in [0.29, 0.717) is 60.4 Å². The van der Waals surface area contributed by atoms with Crippen LogP contribution in [0.25, 0.3) is 10.9 Å². The van der Waals surface area contributed by atoms with Crippen molar-refractivity contribution in [2.24, 2.45) is 0 Å². The molecule has 44 heavy (non-hydrogen) atoms. The number of carbonyl (C=O) groups excluding carboxylic acids is 2. The van der Waals surface area contributed by atoms with Gasteiger partial charge in [0.25, 0.3) is 5.91 Å². The van der Waals surface area contributed by atoms with Crippen LogP contribution in [0.15, 0.2) is 67.0 Å². The summed E-state index contributed by atoms with van der Waals surface area (Å²) in [4.78, 5) is 42.2. The SMILES string of the molecule is CCOCCOc1cc2c(ccn2C(=O)NC)cc1Oc1ccnc(NC(=O)c2ccc(C3CCN(C(=O)O)CC3)cc2)c1. The summed E-state index contributed by atoms with van der Waals surface area (Å²) >= 11 is 0. The van der Waals surface area contributed by atoms with Crippen LogP contribution in [0.2, 0.25) is 0 Å². The lowest BCUT2D eigenvalue weighted by Gasteiger charge is -2.30. The molecule has 0 aliphatic carbocycles. The number of anilines is 1. The maximum atomic E-state index is 13.0. The Morgan fingerprint density at radius 3 is 2.48 bits per heavy atom. The van der Waals surface area contributed by atoms with Crippen molar-refractivity contribution in [2.45, 2.75) is 25.7 Å². The average molecular weight is 602 g/mol. The second kappa shape index (κ2) is 13.9. The van der Waals surface area contributed by atoms with Crippen molar-refractivity contribution in [1.29, 1.82) is 0 Å². The zero-order chi connectivity index (χ0) is 31.1. The van der Waals surface area contributed by atoms with Crippen LogP contribution in [0.1, 0.15) is 41.6 Å². The second-order valence-corrected chi connectivity index (χ2v) is 10.2. The van der Waals surface area contributed by atoms with Gasteiger partial charge in [-0.05, 0) is 61.6 Å². The van der Waals surface area contributed by atoms with Gasteiger partial charge in [0.1, 0.15) is 18.2 Å². The van der Waals surface area contributed by atoms with E-state index in [1.165, 1.54) is 15.7 Å². The Hall–Kier alpha value is -5.10. The van der Waals surface area contributed by atoms with Gasteiger partial charge < -0.3 is 34.9 Å². The number of nitrogens with zero attached hydrogens (tertiary/aromatic N) is 3. The quantitative estimate of drug-likeness (QED) is 0.201. The second-order valence-electron chi connectivity index (χ2n) is 10.2. The van der Waals surface area contributed by atoms with Crippen LogP contribution in [0.5, 0.6) is 17.2 Å². The topological polar surface area (TPSA) is 144 Å². The summed E-state index contributed by atoms with van der Waals surface area (Å²) in [6, 6.07) is 15.7. The first-order chi connectivity index (χ1) is 21.4. The number of piperidine rings is 1. The van der Waals surface area contributed by atoms with Crippen LogP contribution in [0.4, 0.5) is 15.4 Å². The monoisotopic (exact) mass is 601 g/mol. The number of rotatable bonds is 10. The smallest absolute Gasteiger partial charge is 0.407 e. The maximum absolute atomic E-state index is 13.0. The molecule has 12 heteroatoms. The third-order valence-corrected chi connectivity index (χ3v) is 7.49. The van der Waals surface area contributed by atoms with Crippen molar-refractivity contribution in [3.05, 3.63) is 78.1 Å². The molecular weight excluding hydrogens is 566 g/mol. The number of aromatic nitrogens is 2. The van der Waals surface area contributed by atoms with E-state index in [0.717, 1.165) is 23.8 Å². The Balaban J connectivity index is 1.28. The third-order valence-electron chi connectivity index (χ3n) is 7.49. The van der Waals surface area contributed by atoms with Gasteiger partial charge in [0, 0.05) is 62.2 Å². The Morgan fingerprint density at radius 2 is 1.77 bits per heavy atom. The predicted octanol–water partition coefficient (Wildman–Crippen LogP) is 5.54. The van der Waals surface area contributed by atoms with Gasteiger partial charge in [-0.15, -0.1) is 0 Å². The van der Waals surface area contributed by atoms with Crippen molar-refractivity contribution in [3.63, 3.8) is 0 Å². The van der Waals surface area contributed by atoms with E-state index in [-0.39, 0.29) is 24.5 Å². The Labute approximate surface area is 254 Å². The highest BCUT2D eigenvalue weighted by atomic mass is 16.5. The molecule has 1 aliphatic rings. The van der Waals surface area contributed by atoms with Gasteiger partial charge in [0.05, 0.1) is 12.1 Å². The van der Waals surface area contributed by atoms with Gasteiger partial charge in [-0.25, -0.2) is 14.6 Å². The third kappa shape index (κ3) is 7.09. The molecule has 0 bridgehead atoms. The standard InChI is InChI=1S/C32H35N5O7/c1-3-42-16-17-43-27-20-26-24(11-15-37(26)31(39)33-2)18-28(27)44-25-8-12-34-29(19-25)35-30(38)23-6-4-21(5-7-23)22-9-13-36(14-10-22)32(40)41/h4-8,11-12,15,18-20,22H,3,9-10,13-14,16-17H2,1-2H3,(H,33,39)(H,40,41)(H,34,35,38). The molecule has 0 unspecified atom stereocenters. The van der Waals surface area contributed by atoms with Gasteiger partial charge in [0.15, 0.2) is 11.5 Å². The molecule has 0 saturated carbocycles. The summed E-state index contributed by atoms with van der Waals surface area (Å²) in [5, 5.41) is 15.4. The largest absolute Gasteiger partial charge is 0.487 e. The molecule has 0 spiro atoms. The summed E-state index contributed by atoms with van der Waals surface area (Å²) in [7, 11) is 1.56. The first kappa shape index (κ1) is 30.4. The first-order valence-electron chi connectivity index (χ1n) is 14.5. The molecule has 1 fully saturated rings. The van der Waals surface area contributed by atoms with Crippen molar-refractivity contribution in [3.8, 4) is 17.2 Å². The highest BCUT2D eigenvalue weighted by Crippen LogP contribution is 2.37. The molecule has 2 aromatic heterocycles. The lowest BCUT2D eigenvalue weighted by atomic mass is 9.89. The van der Waals surface area contributed by atoms with Gasteiger partial charge >= 0.3 is 12.1 Å². The number of benzene rings is 2. The van der Waals surface area contributed by atoms with Gasteiger partial charge in [-0.1, -0.05) is 12.1 Å². The molecule has 3 heterocycles. The van der Waals surface area contributed by atoms with E-state index >= 15 is 0 Å². The normalized spacial score (nSPS) is 13.5. The van der Waals surface area contributed by atoms with Crippen LogP contribution in [-0.2, 0) is 4.74 Å². The van der Waals surface area contributed by atoms with Gasteiger partial charge in [0.2, 0.25) is 0 Å². The predicted molar refractivity (Wildman–Crippen MR) is 164 cm³/mol. The Kier molecular flexibility index (Phi) is 9.60. The van der Waals surface area contributed by atoms with Crippen LogP contribution in [0, 0.1) is 0 Å². The van der Waals surface area contributed by atoms with E-state index in [9.17, 15) is 19.5 Å². The number of pyridine rings is 1. The molecule has 0 radical (unpaired) electrons. The van der Waals surface area contributed by atoms with Crippen molar-refractivity contribution >= 4 is 34.8 Å². The Bertz CT molecular complexity index is 1630. The number of carbonyl (C=O) groups is 3. The number of ether oxygens (including phenoxy) is 3. The number of hydrogen-bond acceptors (Lipinski definition) is 7. The molecule has 2 aromatic carbocycles. The Morgan fingerprint density at radius 1 is 1.00 bits per heavy atom. The lowest BCUT2D eigenvalue weighted by Crippen LogP contribution is -2.36. The van der Waals surface area contributed by atoms with E-state index in [1.54, 1.807) is 49.6 Å². The number of carboxylic acid groups (broad SMARTS) is 1. The number of amides is 3. The molecule has 3 amide bonds. The zero-order valence-electron chi connectivity index (χ0n) is 24.6. The molecular formula is C32H35N5O7. The summed E-state index contributed by atoms with van der Waals surface area (Å²) < 4.78 is 19.1. The molecule has 1 saturated heterocycles. The van der Waals surface area contributed by atoms with Crippen molar-refractivity contribution in [2.75, 3.05) is 45.3 Å². The molecule has 12 nitrogen and oxygen atoms in total. The lowest BCUT2D eigenvalue weighted by molar-refractivity contribution is 0.102. The zero-order valence-corrected chi connectivity index (χ0v) is 24.6. The molecule has 5 rings (SSSR count). The van der Waals surface area contributed by atoms with E-state index in [1.807, 2.05) is 25.1 Å². The van der Waals surface area contributed by atoms with E-state index in [4.69, 9.17) is 14.2 Å².